The topological polar surface area (TPSA) is 17.1 Å². The second-order valence-electron chi connectivity index (χ2n) is 3.73. The minimum Gasteiger partial charge on any atom is -0.289 e. The van der Waals surface area contributed by atoms with Gasteiger partial charge in [0.2, 0.25) is 0 Å². The Morgan fingerprint density at radius 3 is 2.32 bits per heavy atom. The van der Waals surface area contributed by atoms with E-state index in [0.717, 1.165) is 9.37 Å². The summed E-state index contributed by atoms with van der Waals surface area (Å²) in [6.07, 6.45) is 1.45. The molecule has 2 rings (SSSR count). The number of thioether (sulfide) groups is 1. The molecule has 1 nitrogen and oxygen atoms in total. The molecule has 0 aliphatic carbocycles. The Balaban J connectivity index is 2.08. The Labute approximate surface area is 129 Å². The van der Waals surface area contributed by atoms with E-state index >= 15 is 0 Å². The fourth-order valence-corrected chi connectivity index (χ4v) is 2.75. The van der Waals surface area contributed by atoms with E-state index in [1.165, 1.54) is 17.8 Å². The molecule has 0 aromatic heterocycles. The molecule has 0 amide bonds. The lowest BCUT2D eigenvalue weighted by molar-refractivity contribution is 0.104. The smallest absolute Gasteiger partial charge is 0.187 e. The maximum absolute atomic E-state index is 12.0. The van der Waals surface area contributed by atoms with Crippen LogP contribution in [0.3, 0.4) is 0 Å². The van der Waals surface area contributed by atoms with Gasteiger partial charge in [-0.2, -0.15) is 0 Å². The Morgan fingerprint density at radius 1 is 1.05 bits per heavy atom. The van der Waals surface area contributed by atoms with Crippen LogP contribution >= 0.6 is 39.3 Å². The third-order valence-electron chi connectivity index (χ3n) is 2.33. The van der Waals surface area contributed by atoms with Gasteiger partial charge in [0.05, 0.1) is 4.36 Å². The average molecular weight is 354 g/mol. The number of hydrogen-bond acceptors (Lipinski definition) is 2. The summed E-state index contributed by atoms with van der Waals surface area (Å²) in [5, 5.41) is 0. The van der Waals surface area contributed by atoms with E-state index in [1.54, 1.807) is 12.1 Å². The standard InChI is InChI=1S/C15H10BrClOS/c16-12-8-6-11(7-9-12)14(18)10-15(17)19-13-4-2-1-3-5-13/h1-10H/b15-10+. The zero-order chi connectivity index (χ0) is 13.7. The SMILES string of the molecule is O=C(/C=C(\Cl)Sc1ccccc1)c1ccc(Br)cc1. The first-order valence-corrected chi connectivity index (χ1v) is 7.54. The van der Waals surface area contributed by atoms with Crippen molar-refractivity contribution in [2.75, 3.05) is 0 Å². The van der Waals surface area contributed by atoms with Gasteiger partial charge in [0, 0.05) is 21.0 Å². The second-order valence-corrected chi connectivity index (χ2v) is 6.40. The molecule has 96 valence electrons. The van der Waals surface area contributed by atoms with Crippen molar-refractivity contribution in [1.29, 1.82) is 0 Å². The highest BCUT2D eigenvalue weighted by Gasteiger charge is 2.05. The van der Waals surface area contributed by atoms with Crippen molar-refractivity contribution in [3.63, 3.8) is 0 Å². The fourth-order valence-electron chi connectivity index (χ4n) is 1.43. The molecule has 0 saturated heterocycles. The largest absolute Gasteiger partial charge is 0.289 e. The zero-order valence-corrected chi connectivity index (χ0v) is 13.0. The van der Waals surface area contributed by atoms with Crippen molar-refractivity contribution in [2.45, 2.75) is 4.90 Å². The van der Waals surface area contributed by atoms with E-state index in [2.05, 4.69) is 15.9 Å². The molecule has 2 aromatic rings. The van der Waals surface area contributed by atoms with Gasteiger partial charge in [-0.05, 0) is 36.4 Å². The summed E-state index contributed by atoms with van der Waals surface area (Å²) in [5.74, 6) is -0.0964. The van der Waals surface area contributed by atoms with Crippen molar-refractivity contribution < 1.29 is 4.79 Å². The van der Waals surface area contributed by atoms with Gasteiger partial charge in [-0.1, -0.05) is 57.5 Å². The third kappa shape index (κ3) is 4.53. The summed E-state index contributed by atoms with van der Waals surface area (Å²) in [5.41, 5.74) is 0.620. The summed E-state index contributed by atoms with van der Waals surface area (Å²) >= 11 is 10.8. The number of rotatable bonds is 4. The molecule has 0 spiro atoms. The summed E-state index contributed by atoms with van der Waals surface area (Å²) in [4.78, 5) is 13.0. The first-order valence-electron chi connectivity index (χ1n) is 5.55. The van der Waals surface area contributed by atoms with Crippen LogP contribution in [0.1, 0.15) is 10.4 Å². The molecule has 0 aliphatic rings. The molecular formula is C15H10BrClOS. The molecule has 0 unspecified atom stereocenters. The summed E-state index contributed by atoms with van der Waals surface area (Å²) in [6, 6.07) is 16.9. The summed E-state index contributed by atoms with van der Waals surface area (Å²) in [7, 11) is 0. The highest BCUT2D eigenvalue weighted by molar-refractivity contribution is 9.10. The molecular weight excluding hydrogens is 344 g/mol. The number of allylic oxidation sites excluding steroid dienone is 1. The van der Waals surface area contributed by atoms with Crippen molar-refractivity contribution in [3.05, 3.63) is 75.1 Å². The van der Waals surface area contributed by atoms with E-state index in [-0.39, 0.29) is 5.78 Å². The number of hydrogen-bond donors (Lipinski definition) is 0. The maximum Gasteiger partial charge on any atom is 0.187 e. The van der Waals surface area contributed by atoms with Crippen LogP contribution in [-0.2, 0) is 0 Å². The number of carbonyl (C=O) groups is 1. The van der Waals surface area contributed by atoms with Gasteiger partial charge in [-0.25, -0.2) is 0 Å². The highest BCUT2D eigenvalue weighted by atomic mass is 79.9. The average Bonchev–Trinajstić information content (AvgIpc) is 2.40. The van der Waals surface area contributed by atoms with E-state index in [0.29, 0.717) is 9.93 Å². The fraction of sp³-hybridized carbons (Fsp3) is 0. The number of ketones is 1. The van der Waals surface area contributed by atoms with Crippen LogP contribution in [0.4, 0.5) is 0 Å². The van der Waals surface area contributed by atoms with Crippen LogP contribution in [0.5, 0.6) is 0 Å². The maximum atomic E-state index is 12.0. The van der Waals surface area contributed by atoms with Crippen molar-refractivity contribution in [1.82, 2.24) is 0 Å². The van der Waals surface area contributed by atoms with Crippen molar-refractivity contribution in [3.8, 4) is 0 Å². The van der Waals surface area contributed by atoms with Gasteiger partial charge in [0.15, 0.2) is 5.78 Å². The normalized spacial score (nSPS) is 11.4. The molecule has 4 heteroatoms. The zero-order valence-electron chi connectivity index (χ0n) is 9.85. The molecule has 0 fully saturated rings. The predicted molar refractivity (Wildman–Crippen MR) is 84.7 cm³/mol. The lowest BCUT2D eigenvalue weighted by Crippen LogP contribution is -1.93. The monoisotopic (exact) mass is 352 g/mol. The van der Waals surface area contributed by atoms with Crippen LogP contribution in [0.2, 0.25) is 0 Å². The van der Waals surface area contributed by atoms with Crippen LogP contribution in [0, 0.1) is 0 Å². The third-order valence-corrected chi connectivity index (χ3v) is 4.02. The molecule has 0 atom stereocenters. The quantitative estimate of drug-likeness (QED) is 0.410. The highest BCUT2D eigenvalue weighted by Crippen LogP contribution is 2.29. The van der Waals surface area contributed by atoms with Crippen LogP contribution in [-0.4, -0.2) is 5.78 Å². The van der Waals surface area contributed by atoms with Gasteiger partial charge in [-0.3, -0.25) is 4.79 Å². The molecule has 0 N–H and O–H groups in total. The Bertz CT molecular complexity index is 593. The van der Waals surface area contributed by atoms with Gasteiger partial charge in [0.25, 0.3) is 0 Å². The van der Waals surface area contributed by atoms with Gasteiger partial charge in [-0.15, -0.1) is 0 Å². The molecule has 19 heavy (non-hydrogen) atoms. The lowest BCUT2D eigenvalue weighted by Gasteiger charge is -2.00. The lowest BCUT2D eigenvalue weighted by atomic mass is 10.1. The van der Waals surface area contributed by atoms with Crippen molar-refractivity contribution in [2.24, 2.45) is 0 Å². The Hall–Kier alpha value is -1.03. The second kappa shape index (κ2) is 6.94. The first-order chi connectivity index (χ1) is 9.15. The number of carbonyl (C=O) groups excluding carboxylic acids is 1. The van der Waals surface area contributed by atoms with Crippen molar-refractivity contribution >= 4 is 45.1 Å². The molecule has 0 radical (unpaired) electrons. The Morgan fingerprint density at radius 2 is 1.68 bits per heavy atom. The van der Waals surface area contributed by atoms with Crippen LogP contribution < -0.4 is 0 Å². The van der Waals surface area contributed by atoms with Crippen LogP contribution in [0.25, 0.3) is 0 Å². The van der Waals surface area contributed by atoms with Crippen LogP contribution in [0.15, 0.2) is 74.4 Å². The molecule has 0 aliphatic heterocycles. The van der Waals surface area contributed by atoms with E-state index < -0.39 is 0 Å². The molecule has 0 bridgehead atoms. The predicted octanol–water partition coefficient (Wildman–Crippen LogP) is 5.50. The summed E-state index contributed by atoms with van der Waals surface area (Å²) < 4.78 is 1.40. The molecule has 0 saturated carbocycles. The Kier molecular flexibility index (Phi) is 5.25. The van der Waals surface area contributed by atoms with Gasteiger partial charge in [0.1, 0.15) is 0 Å². The number of halogens is 2. The first kappa shape index (κ1) is 14.4. The van der Waals surface area contributed by atoms with E-state index in [1.807, 2.05) is 42.5 Å². The molecule has 0 heterocycles. The van der Waals surface area contributed by atoms with Gasteiger partial charge < -0.3 is 0 Å². The summed E-state index contributed by atoms with van der Waals surface area (Å²) in [6.45, 7) is 0. The number of benzene rings is 2. The molecule has 2 aromatic carbocycles. The minimum absolute atomic E-state index is 0.0964. The van der Waals surface area contributed by atoms with Gasteiger partial charge >= 0.3 is 0 Å². The minimum atomic E-state index is -0.0964. The van der Waals surface area contributed by atoms with E-state index in [4.69, 9.17) is 11.6 Å². The van der Waals surface area contributed by atoms with E-state index in [9.17, 15) is 4.79 Å².